The van der Waals surface area contributed by atoms with E-state index in [2.05, 4.69) is 11.1 Å². The van der Waals surface area contributed by atoms with Gasteiger partial charge in [-0.25, -0.2) is 18.6 Å². The second kappa shape index (κ2) is 8.22. The lowest BCUT2D eigenvalue weighted by atomic mass is 9.80. The molecule has 1 spiro atoms. The van der Waals surface area contributed by atoms with Crippen LogP contribution < -0.4 is 0 Å². The van der Waals surface area contributed by atoms with E-state index in [4.69, 9.17) is 9.47 Å². The van der Waals surface area contributed by atoms with Crippen molar-refractivity contribution in [1.82, 2.24) is 4.98 Å². The maximum absolute atomic E-state index is 13.3. The van der Waals surface area contributed by atoms with Crippen LogP contribution in [0.15, 0.2) is 24.3 Å². The van der Waals surface area contributed by atoms with Crippen LogP contribution in [0, 0.1) is 12.3 Å². The monoisotopic (exact) mass is 443 g/mol. The largest absolute Gasteiger partial charge is 0.467 e. The van der Waals surface area contributed by atoms with Crippen LogP contribution in [0.2, 0.25) is 0 Å². The predicted molar refractivity (Wildman–Crippen MR) is 121 cm³/mol. The molecule has 2 aromatic rings. The third-order valence-corrected chi connectivity index (χ3v) is 6.62. The van der Waals surface area contributed by atoms with Gasteiger partial charge in [0.05, 0.1) is 18.2 Å². The predicted octanol–water partition coefficient (Wildman–Crippen LogP) is 6.86. The smallest absolute Gasteiger partial charge is 0.339 e. The van der Waals surface area contributed by atoms with E-state index in [0.29, 0.717) is 10.9 Å². The first-order valence-corrected chi connectivity index (χ1v) is 11.2. The van der Waals surface area contributed by atoms with Crippen molar-refractivity contribution in [1.29, 1.82) is 0 Å². The first kappa shape index (κ1) is 22.8. The minimum atomic E-state index is -2.64. The van der Waals surface area contributed by atoms with Crippen molar-refractivity contribution in [2.24, 2.45) is 5.41 Å². The highest BCUT2D eigenvalue weighted by molar-refractivity contribution is 5.96. The topological polar surface area (TPSA) is 48.4 Å². The number of allylic oxidation sites excluding steroid dienone is 2. The molecular formula is C26H31F2NO3. The van der Waals surface area contributed by atoms with E-state index in [-0.39, 0.29) is 5.69 Å². The average molecular weight is 444 g/mol. The Morgan fingerprint density at radius 2 is 1.91 bits per heavy atom. The van der Waals surface area contributed by atoms with Crippen LogP contribution in [-0.4, -0.2) is 23.7 Å². The van der Waals surface area contributed by atoms with Crippen molar-refractivity contribution in [2.75, 3.05) is 7.11 Å². The van der Waals surface area contributed by atoms with Gasteiger partial charge in [0.15, 0.2) is 6.10 Å². The zero-order chi connectivity index (χ0) is 23.3. The fraction of sp³-hybridized carbons (Fsp3) is 0.538. The molecule has 1 saturated carbocycles. The first-order chi connectivity index (χ1) is 15.0. The van der Waals surface area contributed by atoms with Crippen LogP contribution in [0.5, 0.6) is 0 Å². The Morgan fingerprint density at radius 3 is 2.44 bits per heavy atom. The molecule has 4 nitrogen and oxygen atoms in total. The van der Waals surface area contributed by atoms with E-state index in [0.717, 1.165) is 46.9 Å². The third-order valence-electron chi connectivity index (χ3n) is 6.62. The Bertz CT molecular complexity index is 1080. The van der Waals surface area contributed by atoms with Crippen LogP contribution in [-0.2, 0) is 14.3 Å². The van der Waals surface area contributed by atoms with Crippen LogP contribution in [0.25, 0.3) is 16.5 Å². The average Bonchev–Trinajstić information content (AvgIpc) is 3.49. The van der Waals surface area contributed by atoms with Gasteiger partial charge >= 0.3 is 5.97 Å². The second-order valence-corrected chi connectivity index (χ2v) is 10.2. The molecule has 0 amide bonds. The lowest BCUT2D eigenvalue weighted by Crippen LogP contribution is -2.29. The number of fused-ring (bicyclic) bond motifs is 1. The Morgan fingerprint density at radius 1 is 1.19 bits per heavy atom. The Kier molecular flexibility index (Phi) is 5.86. The van der Waals surface area contributed by atoms with Crippen molar-refractivity contribution in [3.8, 4) is 0 Å². The summed E-state index contributed by atoms with van der Waals surface area (Å²) in [6.45, 7) is 7.56. The van der Waals surface area contributed by atoms with Gasteiger partial charge in [-0.1, -0.05) is 12.1 Å². The van der Waals surface area contributed by atoms with Crippen molar-refractivity contribution < 1.29 is 23.0 Å². The Labute approximate surface area is 188 Å². The van der Waals surface area contributed by atoms with Crippen molar-refractivity contribution in [3.63, 3.8) is 0 Å². The van der Waals surface area contributed by atoms with Gasteiger partial charge in [-0.05, 0) is 94.0 Å². The Balaban J connectivity index is 1.96. The number of nitrogens with zero attached hydrogens (tertiary/aromatic N) is 1. The van der Waals surface area contributed by atoms with E-state index in [1.165, 1.54) is 26.0 Å². The first-order valence-electron chi connectivity index (χ1n) is 11.2. The number of aryl methyl sites for hydroxylation is 1. The molecule has 172 valence electrons. The molecule has 32 heavy (non-hydrogen) atoms. The zero-order valence-electron chi connectivity index (χ0n) is 19.4. The molecule has 1 heterocycles. The zero-order valence-corrected chi connectivity index (χ0v) is 19.4. The maximum Gasteiger partial charge on any atom is 0.339 e. The number of hydrogen-bond acceptors (Lipinski definition) is 4. The normalized spacial score (nSPS) is 18.7. The van der Waals surface area contributed by atoms with Crippen LogP contribution in [0.1, 0.15) is 87.8 Å². The number of hydrogen-bond donors (Lipinski definition) is 0. The highest BCUT2D eigenvalue weighted by Crippen LogP contribution is 2.57. The molecule has 0 N–H and O–H groups in total. The summed E-state index contributed by atoms with van der Waals surface area (Å²) < 4.78 is 38.0. The molecule has 1 atom stereocenters. The molecule has 6 heteroatoms. The molecule has 2 aliphatic carbocycles. The van der Waals surface area contributed by atoms with Crippen molar-refractivity contribution in [3.05, 3.63) is 46.7 Å². The molecule has 0 saturated heterocycles. The van der Waals surface area contributed by atoms with Crippen LogP contribution >= 0.6 is 0 Å². The number of benzene rings is 1. The summed E-state index contributed by atoms with van der Waals surface area (Å²) in [5.74, 6) is -0.476. The SMILES string of the molecule is COC(=O)[C@@H](OC(C)(C)C)c1c(C)cc2nc(C(F)F)ccc2c1C1=CCC2(CC1)CC2. The number of aromatic nitrogens is 1. The van der Waals surface area contributed by atoms with Gasteiger partial charge in [-0.2, -0.15) is 0 Å². The van der Waals surface area contributed by atoms with Gasteiger partial charge in [0, 0.05) is 10.9 Å². The quantitative estimate of drug-likeness (QED) is 0.474. The van der Waals surface area contributed by atoms with Crippen molar-refractivity contribution in [2.45, 2.75) is 77.9 Å². The molecule has 1 aromatic carbocycles. The molecule has 0 unspecified atom stereocenters. The minimum Gasteiger partial charge on any atom is -0.467 e. The minimum absolute atomic E-state index is 0.249. The van der Waals surface area contributed by atoms with Gasteiger partial charge in [-0.3, -0.25) is 0 Å². The number of pyridine rings is 1. The number of alkyl halides is 2. The number of carbonyl (C=O) groups excluding carboxylic acids is 1. The summed E-state index contributed by atoms with van der Waals surface area (Å²) in [6, 6.07) is 4.85. The molecular weight excluding hydrogens is 412 g/mol. The van der Waals surface area contributed by atoms with E-state index >= 15 is 0 Å². The van der Waals surface area contributed by atoms with E-state index in [1.807, 2.05) is 27.7 Å². The van der Waals surface area contributed by atoms with Gasteiger partial charge < -0.3 is 9.47 Å². The summed E-state index contributed by atoms with van der Waals surface area (Å²) in [4.78, 5) is 17.1. The molecule has 0 aliphatic heterocycles. The van der Waals surface area contributed by atoms with Crippen molar-refractivity contribution >= 4 is 22.4 Å². The standard InChI is InChI=1S/C26H31F2NO3/c1-15-14-19-17(6-7-18(29-19)23(27)28)21(16-8-10-26(11-9-16)12-13-26)20(15)22(24(30)31-5)32-25(2,3)4/h6-8,14,22-23H,9-13H2,1-5H3/t22-/m0/s1. The molecule has 1 fully saturated rings. The summed E-state index contributed by atoms with van der Waals surface area (Å²) >= 11 is 0. The molecule has 1 aromatic heterocycles. The fourth-order valence-electron chi connectivity index (χ4n) is 4.73. The summed E-state index contributed by atoms with van der Waals surface area (Å²) in [5, 5.41) is 0.763. The number of rotatable bonds is 5. The van der Waals surface area contributed by atoms with Gasteiger partial charge in [0.2, 0.25) is 0 Å². The lowest BCUT2D eigenvalue weighted by Gasteiger charge is -2.31. The van der Waals surface area contributed by atoms with Crippen LogP contribution in [0.4, 0.5) is 8.78 Å². The lowest BCUT2D eigenvalue weighted by molar-refractivity contribution is -0.164. The maximum atomic E-state index is 13.3. The van der Waals surface area contributed by atoms with E-state index in [9.17, 15) is 13.6 Å². The number of halogens is 2. The number of methoxy groups -OCH3 is 1. The third kappa shape index (κ3) is 4.42. The number of esters is 1. The summed E-state index contributed by atoms with van der Waals surface area (Å²) in [6.07, 6.45) is 4.20. The number of carbonyl (C=O) groups is 1. The molecule has 0 bridgehead atoms. The highest BCUT2D eigenvalue weighted by Gasteiger charge is 2.43. The Hall–Kier alpha value is -2.34. The van der Waals surface area contributed by atoms with Gasteiger partial charge in [-0.15, -0.1) is 0 Å². The van der Waals surface area contributed by atoms with E-state index < -0.39 is 24.1 Å². The summed E-state index contributed by atoms with van der Waals surface area (Å²) in [7, 11) is 1.35. The fourth-order valence-corrected chi connectivity index (χ4v) is 4.73. The molecule has 2 aliphatic rings. The van der Waals surface area contributed by atoms with Crippen LogP contribution in [0.3, 0.4) is 0 Å². The van der Waals surface area contributed by atoms with Gasteiger partial charge in [0.25, 0.3) is 6.43 Å². The molecule has 0 radical (unpaired) electrons. The second-order valence-electron chi connectivity index (χ2n) is 10.2. The highest BCUT2D eigenvalue weighted by atomic mass is 19.3. The number of ether oxygens (including phenoxy) is 2. The summed E-state index contributed by atoms with van der Waals surface area (Å²) in [5.41, 5.74) is 3.63. The molecule has 4 rings (SSSR count). The van der Waals surface area contributed by atoms with E-state index in [1.54, 1.807) is 12.1 Å². The van der Waals surface area contributed by atoms with Gasteiger partial charge in [0.1, 0.15) is 5.69 Å².